The Labute approximate surface area is 134 Å². The van der Waals surface area contributed by atoms with E-state index in [9.17, 15) is 9.59 Å². The molecule has 0 aromatic heterocycles. The van der Waals surface area contributed by atoms with Crippen molar-refractivity contribution in [3.05, 3.63) is 64.7 Å². The molecule has 0 unspecified atom stereocenters. The molecule has 116 valence electrons. The highest BCUT2D eigenvalue weighted by Gasteiger charge is 2.31. The number of nitrogens with one attached hydrogen (secondary N) is 1. The van der Waals surface area contributed by atoms with Gasteiger partial charge in [-0.1, -0.05) is 24.3 Å². The summed E-state index contributed by atoms with van der Waals surface area (Å²) < 4.78 is 5.29. The first-order valence-corrected chi connectivity index (χ1v) is 7.92. The summed E-state index contributed by atoms with van der Waals surface area (Å²) in [6, 6.07) is 13.3. The van der Waals surface area contributed by atoms with E-state index in [1.54, 1.807) is 12.1 Å². The molecule has 4 rings (SSSR count). The van der Waals surface area contributed by atoms with Crippen LogP contribution in [-0.2, 0) is 28.8 Å². The standard InChI is InChI=1S/C19H17NO3/c21-18(20-15-9-8-12-5-3-6-13(12)10-15)17-11-14-4-1-2-7-16(14)19(22)23-17/h1-2,4,7-10,17H,3,5-6,11H2,(H,20,21)/t17-/m0/s1. The molecule has 0 fully saturated rings. The Kier molecular flexibility index (Phi) is 3.37. The van der Waals surface area contributed by atoms with Gasteiger partial charge in [-0.05, 0) is 54.2 Å². The largest absolute Gasteiger partial charge is 0.448 e. The molecule has 4 heteroatoms. The Morgan fingerprint density at radius 1 is 1.04 bits per heavy atom. The van der Waals surface area contributed by atoms with Crippen molar-refractivity contribution in [3.8, 4) is 0 Å². The smallest absolute Gasteiger partial charge is 0.339 e. The van der Waals surface area contributed by atoms with Crippen molar-refractivity contribution in [2.75, 3.05) is 5.32 Å². The molecular formula is C19H17NO3. The number of amides is 1. The summed E-state index contributed by atoms with van der Waals surface area (Å²) >= 11 is 0. The zero-order valence-corrected chi connectivity index (χ0v) is 12.7. The Balaban J connectivity index is 1.51. The van der Waals surface area contributed by atoms with E-state index in [2.05, 4.69) is 11.4 Å². The van der Waals surface area contributed by atoms with Gasteiger partial charge in [0.25, 0.3) is 5.91 Å². The minimum atomic E-state index is -0.773. The second-order valence-electron chi connectivity index (χ2n) is 6.08. The van der Waals surface area contributed by atoms with E-state index in [0.717, 1.165) is 24.1 Å². The van der Waals surface area contributed by atoms with Gasteiger partial charge in [0.05, 0.1) is 5.56 Å². The summed E-state index contributed by atoms with van der Waals surface area (Å²) in [6.45, 7) is 0. The highest BCUT2D eigenvalue weighted by atomic mass is 16.5. The number of aryl methyl sites for hydroxylation is 2. The monoisotopic (exact) mass is 307 g/mol. The molecule has 0 saturated carbocycles. The fourth-order valence-electron chi connectivity index (χ4n) is 3.35. The lowest BCUT2D eigenvalue weighted by molar-refractivity contribution is -0.125. The van der Waals surface area contributed by atoms with E-state index in [1.807, 2.05) is 24.3 Å². The Hall–Kier alpha value is -2.62. The van der Waals surface area contributed by atoms with Crippen molar-refractivity contribution < 1.29 is 14.3 Å². The summed E-state index contributed by atoms with van der Waals surface area (Å²) in [5.74, 6) is -0.702. The molecular weight excluding hydrogens is 290 g/mol. The maximum Gasteiger partial charge on any atom is 0.339 e. The van der Waals surface area contributed by atoms with Crippen LogP contribution in [0.1, 0.15) is 33.5 Å². The minimum absolute atomic E-state index is 0.272. The second-order valence-corrected chi connectivity index (χ2v) is 6.08. The lowest BCUT2D eigenvalue weighted by Crippen LogP contribution is -2.37. The first-order chi connectivity index (χ1) is 11.2. The molecule has 1 aliphatic carbocycles. The lowest BCUT2D eigenvalue weighted by Gasteiger charge is -2.23. The molecule has 1 N–H and O–H groups in total. The molecule has 0 bridgehead atoms. The van der Waals surface area contributed by atoms with Crippen LogP contribution in [0, 0.1) is 0 Å². The van der Waals surface area contributed by atoms with Crippen LogP contribution in [0.4, 0.5) is 5.69 Å². The van der Waals surface area contributed by atoms with Crippen molar-refractivity contribution in [1.82, 2.24) is 0 Å². The van der Waals surface area contributed by atoms with Gasteiger partial charge < -0.3 is 10.1 Å². The van der Waals surface area contributed by atoms with Crippen LogP contribution in [0.15, 0.2) is 42.5 Å². The summed E-state index contributed by atoms with van der Waals surface area (Å²) in [4.78, 5) is 24.4. The highest BCUT2D eigenvalue weighted by molar-refractivity contribution is 6.00. The first kappa shape index (κ1) is 14.0. The zero-order valence-electron chi connectivity index (χ0n) is 12.7. The van der Waals surface area contributed by atoms with Crippen molar-refractivity contribution in [1.29, 1.82) is 0 Å². The van der Waals surface area contributed by atoms with Crippen LogP contribution in [0.2, 0.25) is 0 Å². The molecule has 2 aliphatic rings. The van der Waals surface area contributed by atoms with E-state index in [4.69, 9.17) is 4.74 Å². The maximum atomic E-state index is 12.4. The zero-order chi connectivity index (χ0) is 15.8. The van der Waals surface area contributed by atoms with Crippen molar-refractivity contribution in [2.24, 2.45) is 0 Å². The van der Waals surface area contributed by atoms with Crippen LogP contribution in [0.5, 0.6) is 0 Å². The fourth-order valence-corrected chi connectivity index (χ4v) is 3.35. The predicted molar refractivity (Wildman–Crippen MR) is 86.4 cm³/mol. The van der Waals surface area contributed by atoms with Crippen LogP contribution < -0.4 is 5.32 Å². The van der Waals surface area contributed by atoms with Crippen LogP contribution in [-0.4, -0.2) is 18.0 Å². The average Bonchev–Trinajstić information content (AvgIpc) is 3.02. The van der Waals surface area contributed by atoms with Gasteiger partial charge in [0.1, 0.15) is 0 Å². The van der Waals surface area contributed by atoms with E-state index >= 15 is 0 Å². The molecule has 1 amide bonds. The number of hydrogen-bond acceptors (Lipinski definition) is 3. The number of esters is 1. The number of rotatable bonds is 2. The van der Waals surface area contributed by atoms with Crippen LogP contribution >= 0.6 is 0 Å². The number of carbonyl (C=O) groups is 2. The third kappa shape index (κ3) is 2.61. The van der Waals surface area contributed by atoms with Crippen LogP contribution in [0.3, 0.4) is 0 Å². The fraction of sp³-hybridized carbons (Fsp3) is 0.263. The lowest BCUT2D eigenvalue weighted by atomic mass is 9.98. The molecule has 0 radical (unpaired) electrons. The minimum Gasteiger partial charge on any atom is -0.448 e. The second kappa shape index (κ2) is 5.54. The molecule has 0 spiro atoms. The number of fused-ring (bicyclic) bond motifs is 2. The molecule has 2 aromatic carbocycles. The molecule has 1 atom stereocenters. The third-order valence-corrected chi connectivity index (χ3v) is 4.55. The number of anilines is 1. The number of cyclic esters (lactones) is 1. The molecule has 4 nitrogen and oxygen atoms in total. The van der Waals surface area contributed by atoms with Gasteiger partial charge in [0, 0.05) is 12.1 Å². The van der Waals surface area contributed by atoms with E-state index < -0.39 is 12.1 Å². The SMILES string of the molecule is O=C1O[C@H](C(=O)Nc2ccc3c(c2)CCC3)Cc2ccccc21. The number of hydrogen-bond donors (Lipinski definition) is 1. The van der Waals surface area contributed by atoms with Gasteiger partial charge in [0.15, 0.2) is 6.10 Å². The van der Waals surface area contributed by atoms with Gasteiger partial charge in [0.2, 0.25) is 0 Å². The van der Waals surface area contributed by atoms with E-state index in [0.29, 0.717) is 12.0 Å². The normalized spacial score (nSPS) is 18.8. The molecule has 0 saturated heterocycles. The quantitative estimate of drug-likeness (QED) is 0.868. The Morgan fingerprint density at radius 3 is 2.78 bits per heavy atom. The summed E-state index contributed by atoms with van der Waals surface area (Å²) in [5, 5.41) is 2.88. The third-order valence-electron chi connectivity index (χ3n) is 4.55. The van der Waals surface area contributed by atoms with Crippen molar-refractivity contribution in [3.63, 3.8) is 0 Å². The molecule has 1 heterocycles. The van der Waals surface area contributed by atoms with Crippen molar-refractivity contribution in [2.45, 2.75) is 31.8 Å². The van der Waals surface area contributed by atoms with Gasteiger partial charge in [-0.25, -0.2) is 4.79 Å². The van der Waals surface area contributed by atoms with Gasteiger partial charge in [-0.2, -0.15) is 0 Å². The number of ether oxygens (including phenoxy) is 1. The summed E-state index contributed by atoms with van der Waals surface area (Å²) in [5.41, 5.74) is 4.84. The first-order valence-electron chi connectivity index (χ1n) is 7.92. The number of carbonyl (C=O) groups excluding carboxylic acids is 2. The molecule has 1 aliphatic heterocycles. The molecule has 23 heavy (non-hydrogen) atoms. The highest BCUT2D eigenvalue weighted by Crippen LogP contribution is 2.26. The van der Waals surface area contributed by atoms with Crippen LogP contribution in [0.25, 0.3) is 0 Å². The average molecular weight is 307 g/mol. The van der Waals surface area contributed by atoms with Crippen molar-refractivity contribution >= 4 is 17.6 Å². The maximum absolute atomic E-state index is 12.4. The Morgan fingerprint density at radius 2 is 1.87 bits per heavy atom. The summed E-state index contributed by atoms with van der Waals surface area (Å²) in [6.07, 6.45) is 2.99. The molecule has 2 aromatic rings. The van der Waals surface area contributed by atoms with Gasteiger partial charge in [-0.3, -0.25) is 4.79 Å². The van der Waals surface area contributed by atoms with Gasteiger partial charge in [-0.15, -0.1) is 0 Å². The summed E-state index contributed by atoms with van der Waals surface area (Å²) in [7, 11) is 0. The Bertz CT molecular complexity index is 797. The van der Waals surface area contributed by atoms with E-state index in [1.165, 1.54) is 17.5 Å². The predicted octanol–water partition coefficient (Wildman–Crippen LogP) is 2.90. The number of benzene rings is 2. The topological polar surface area (TPSA) is 55.4 Å². The van der Waals surface area contributed by atoms with E-state index in [-0.39, 0.29) is 5.91 Å². The van der Waals surface area contributed by atoms with Gasteiger partial charge >= 0.3 is 5.97 Å².